The normalized spacial score (nSPS) is 10.5. The van der Waals surface area contributed by atoms with Crippen LogP contribution >= 0.6 is 11.6 Å². The molecule has 2 aromatic rings. The third kappa shape index (κ3) is 1.94. The summed E-state index contributed by atoms with van der Waals surface area (Å²) in [5.41, 5.74) is 1.30. The molecule has 0 unspecified atom stereocenters. The largest absolute Gasteiger partial charge is 0.469 e. The SMILES string of the molecule is COC(=O)Cc1cn2cccc(Cl)c2n1. The van der Waals surface area contributed by atoms with E-state index in [1.165, 1.54) is 7.11 Å². The van der Waals surface area contributed by atoms with Crippen LogP contribution in [0.3, 0.4) is 0 Å². The van der Waals surface area contributed by atoms with Gasteiger partial charge in [0.15, 0.2) is 5.65 Å². The Balaban J connectivity index is 2.39. The summed E-state index contributed by atoms with van der Waals surface area (Å²) in [7, 11) is 1.35. The highest BCUT2D eigenvalue weighted by Crippen LogP contribution is 2.16. The molecule has 0 spiro atoms. The van der Waals surface area contributed by atoms with E-state index >= 15 is 0 Å². The number of imidazole rings is 1. The lowest BCUT2D eigenvalue weighted by Gasteiger charge is -1.92. The molecule has 2 heterocycles. The van der Waals surface area contributed by atoms with Crippen molar-refractivity contribution >= 4 is 23.2 Å². The molecule has 0 fully saturated rings. The van der Waals surface area contributed by atoms with Gasteiger partial charge < -0.3 is 9.14 Å². The lowest BCUT2D eigenvalue weighted by atomic mass is 10.3. The Morgan fingerprint density at radius 2 is 2.47 bits per heavy atom. The molecule has 0 aliphatic heterocycles. The number of esters is 1. The zero-order chi connectivity index (χ0) is 10.8. The highest BCUT2D eigenvalue weighted by Gasteiger charge is 2.08. The summed E-state index contributed by atoms with van der Waals surface area (Å²) in [6.45, 7) is 0. The van der Waals surface area contributed by atoms with E-state index in [4.69, 9.17) is 11.6 Å². The highest BCUT2D eigenvalue weighted by molar-refractivity contribution is 6.33. The maximum Gasteiger partial charge on any atom is 0.311 e. The molecule has 2 aromatic heterocycles. The maximum atomic E-state index is 11.0. The first kappa shape index (κ1) is 9.98. The minimum atomic E-state index is -0.311. The zero-order valence-corrected chi connectivity index (χ0v) is 8.86. The van der Waals surface area contributed by atoms with Crippen molar-refractivity contribution in [3.8, 4) is 0 Å². The summed E-state index contributed by atoms with van der Waals surface area (Å²) in [6, 6.07) is 3.57. The predicted octanol–water partition coefficient (Wildman–Crippen LogP) is 1.70. The first-order valence-corrected chi connectivity index (χ1v) is 4.77. The molecule has 5 heteroatoms. The second kappa shape index (κ2) is 3.90. The molecule has 0 radical (unpaired) electrons. The van der Waals surface area contributed by atoms with Gasteiger partial charge in [0, 0.05) is 12.4 Å². The van der Waals surface area contributed by atoms with Gasteiger partial charge in [-0.2, -0.15) is 0 Å². The molecule has 4 nitrogen and oxygen atoms in total. The van der Waals surface area contributed by atoms with Crippen LogP contribution in [0.2, 0.25) is 5.02 Å². The smallest absolute Gasteiger partial charge is 0.311 e. The third-order valence-electron chi connectivity index (χ3n) is 2.04. The molecular formula is C10H9ClN2O2. The van der Waals surface area contributed by atoms with Gasteiger partial charge in [0.2, 0.25) is 0 Å². The number of aromatic nitrogens is 2. The molecule has 0 atom stereocenters. The molecule has 0 N–H and O–H groups in total. The fraction of sp³-hybridized carbons (Fsp3) is 0.200. The van der Waals surface area contributed by atoms with Gasteiger partial charge >= 0.3 is 5.97 Å². The average Bonchev–Trinajstić information content (AvgIpc) is 2.62. The minimum absolute atomic E-state index is 0.161. The Kier molecular flexibility index (Phi) is 2.60. The molecule has 15 heavy (non-hydrogen) atoms. The van der Waals surface area contributed by atoms with Crippen LogP contribution in [-0.4, -0.2) is 22.5 Å². The number of methoxy groups -OCH3 is 1. The van der Waals surface area contributed by atoms with E-state index < -0.39 is 0 Å². The Hall–Kier alpha value is -1.55. The number of hydrogen-bond donors (Lipinski definition) is 0. The molecule has 0 aliphatic carbocycles. The molecule has 0 aliphatic rings. The van der Waals surface area contributed by atoms with Gasteiger partial charge in [-0.25, -0.2) is 4.98 Å². The molecule has 0 saturated heterocycles. The summed E-state index contributed by atoms with van der Waals surface area (Å²) in [5.74, 6) is -0.311. The van der Waals surface area contributed by atoms with E-state index in [-0.39, 0.29) is 12.4 Å². The Labute approximate surface area is 91.4 Å². The van der Waals surface area contributed by atoms with Crippen LogP contribution < -0.4 is 0 Å². The van der Waals surface area contributed by atoms with Crippen LogP contribution in [0, 0.1) is 0 Å². The summed E-state index contributed by atoms with van der Waals surface area (Å²) >= 11 is 5.94. The number of nitrogens with zero attached hydrogens (tertiary/aromatic N) is 2. The second-order valence-electron chi connectivity index (χ2n) is 3.07. The quantitative estimate of drug-likeness (QED) is 0.730. The lowest BCUT2D eigenvalue weighted by molar-refractivity contribution is -0.139. The van der Waals surface area contributed by atoms with Crippen molar-refractivity contribution in [3.05, 3.63) is 35.2 Å². The number of carbonyl (C=O) groups excluding carboxylic acids is 1. The molecule has 2 rings (SSSR count). The van der Waals surface area contributed by atoms with Gasteiger partial charge in [0.1, 0.15) is 0 Å². The van der Waals surface area contributed by atoms with Gasteiger partial charge in [-0.1, -0.05) is 11.6 Å². The third-order valence-corrected chi connectivity index (χ3v) is 2.33. The van der Waals surface area contributed by atoms with Crippen molar-refractivity contribution in [1.82, 2.24) is 9.38 Å². The number of halogens is 1. The van der Waals surface area contributed by atoms with E-state index in [2.05, 4.69) is 9.72 Å². The van der Waals surface area contributed by atoms with Crippen molar-refractivity contribution in [2.24, 2.45) is 0 Å². The first-order chi connectivity index (χ1) is 7.20. The lowest BCUT2D eigenvalue weighted by Crippen LogP contribution is -2.04. The monoisotopic (exact) mass is 224 g/mol. The molecule has 0 bridgehead atoms. The van der Waals surface area contributed by atoms with Crippen molar-refractivity contribution in [1.29, 1.82) is 0 Å². The van der Waals surface area contributed by atoms with Crippen molar-refractivity contribution in [2.45, 2.75) is 6.42 Å². The summed E-state index contributed by atoms with van der Waals surface area (Å²) in [6.07, 6.45) is 3.75. The van der Waals surface area contributed by atoms with Crippen molar-refractivity contribution in [2.75, 3.05) is 7.11 Å². The first-order valence-electron chi connectivity index (χ1n) is 4.39. The Morgan fingerprint density at radius 1 is 1.67 bits per heavy atom. The van der Waals surface area contributed by atoms with E-state index in [0.29, 0.717) is 16.4 Å². The average molecular weight is 225 g/mol. The van der Waals surface area contributed by atoms with Crippen LogP contribution in [0.25, 0.3) is 5.65 Å². The second-order valence-corrected chi connectivity index (χ2v) is 3.48. The number of pyridine rings is 1. The summed E-state index contributed by atoms with van der Waals surface area (Å²) in [5, 5.41) is 0.564. The van der Waals surface area contributed by atoms with Crippen molar-refractivity contribution < 1.29 is 9.53 Å². The van der Waals surface area contributed by atoms with Crippen LogP contribution in [-0.2, 0) is 16.0 Å². The van der Waals surface area contributed by atoms with Gasteiger partial charge in [0.05, 0.1) is 24.2 Å². The van der Waals surface area contributed by atoms with E-state index in [0.717, 1.165) is 0 Å². The van der Waals surface area contributed by atoms with E-state index in [1.807, 2.05) is 12.3 Å². The maximum absolute atomic E-state index is 11.0. The van der Waals surface area contributed by atoms with Gasteiger partial charge in [-0.05, 0) is 12.1 Å². The summed E-state index contributed by atoms with van der Waals surface area (Å²) < 4.78 is 6.34. The molecule has 0 amide bonds. The number of hydrogen-bond acceptors (Lipinski definition) is 3. The summed E-state index contributed by atoms with van der Waals surface area (Å²) in [4.78, 5) is 15.3. The van der Waals surface area contributed by atoms with Crippen LogP contribution in [0.5, 0.6) is 0 Å². The highest BCUT2D eigenvalue weighted by atomic mass is 35.5. The van der Waals surface area contributed by atoms with Gasteiger partial charge in [0.25, 0.3) is 0 Å². The van der Waals surface area contributed by atoms with E-state index in [1.54, 1.807) is 16.7 Å². The zero-order valence-electron chi connectivity index (χ0n) is 8.11. The molecule has 0 saturated carbocycles. The predicted molar refractivity (Wildman–Crippen MR) is 55.9 cm³/mol. The molecular weight excluding hydrogens is 216 g/mol. The fourth-order valence-electron chi connectivity index (χ4n) is 1.33. The van der Waals surface area contributed by atoms with E-state index in [9.17, 15) is 4.79 Å². The number of carbonyl (C=O) groups is 1. The van der Waals surface area contributed by atoms with Crippen LogP contribution in [0.1, 0.15) is 5.69 Å². The number of ether oxygens (including phenoxy) is 1. The topological polar surface area (TPSA) is 43.6 Å². The van der Waals surface area contributed by atoms with Gasteiger partial charge in [-0.15, -0.1) is 0 Å². The number of fused-ring (bicyclic) bond motifs is 1. The Morgan fingerprint density at radius 3 is 3.13 bits per heavy atom. The van der Waals surface area contributed by atoms with Crippen molar-refractivity contribution in [3.63, 3.8) is 0 Å². The fourth-order valence-corrected chi connectivity index (χ4v) is 1.55. The molecule has 0 aromatic carbocycles. The standard InChI is InChI=1S/C10H9ClN2O2/c1-15-9(14)5-7-6-13-4-2-3-8(11)10(13)12-7/h2-4,6H,5H2,1H3. The minimum Gasteiger partial charge on any atom is -0.469 e. The van der Waals surface area contributed by atoms with Crippen LogP contribution in [0.4, 0.5) is 0 Å². The Bertz CT molecular complexity index is 507. The molecule has 78 valence electrons. The van der Waals surface area contributed by atoms with Gasteiger partial charge in [-0.3, -0.25) is 4.79 Å². The van der Waals surface area contributed by atoms with Crippen LogP contribution in [0.15, 0.2) is 24.5 Å². The number of rotatable bonds is 2.